The maximum absolute atomic E-state index is 11.9. The molecule has 0 aliphatic heterocycles. The van der Waals surface area contributed by atoms with Crippen LogP contribution >= 0.6 is 0 Å². The molecule has 0 aliphatic rings. The number of amides is 1. The predicted molar refractivity (Wildman–Crippen MR) is 64.9 cm³/mol. The molecule has 1 rings (SSSR count). The lowest BCUT2D eigenvalue weighted by molar-refractivity contribution is -0.385. The number of rotatable bonds is 4. The molecule has 0 saturated carbocycles. The molecule has 0 spiro atoms. The molecule has 1 aromatic rings. The molecule has 0 aliphatic carbocycles. The van der Waals surface area contributed by atoms with Crippen LogP contribution in [0, 0.1) is 34.3 Å². The lowest BCUT2D eigenvalue weighted by Crippen LogP contribution is -2.29. The van der Waals surface area contributed by atoms with E-state index in [-0.39, 0.29) is 23.7 Å². The molecular formula is C12H13N3O3. The van der Waals surface area contributed by atoms with Gasteiger partial charge < -0.3 is 5.32 Å². The second kappa shape index (κ2) is 5.77. The molecule has 94 valence electrons. The topological polar surface area (TPSA) is 96.0 Å². The molecule has 6 nitrogen and oxygen atoms in total. The van der Waals surface area contributed by atoms with Crippen molar-refractivity contribution in [2.45, 2.75) is 13.8 Å². The van der Waals surface area contributed by atoms with Crippen LogP contribution in [-0.4, -0.2) is 17.4 Å². The average molecular weight is 247 g/mol. The van der Waals surface area contributed by atoms with Crippen LogP contribution in [0.4, 0.5) is 5.69 Å². The van der Waals surface area contributed by atoms with E-state index < -0.39 is 10.8 Å². The van der Waals surface area contributed by atoms with Gasteiger partial charge in [0.15, 0.2) is 0 Å². The van der Waals surface area contributed by atoms with E-state index >= 15 is 0 Å². The van der Waals surface area contributed by atoms with Gasteiger partial charge in [-0.15, -0.1) is 0 Å². The van der Waals surface area contributed by atoms with E-state index in [0.717, 1.165) is 0 Å². The van der Waals surface area contributed by atoms with Crippen LogP contribution in [0.5, 0.6) is 0 Å². The third kappa shape index (κ3) is 3.04. The number of hydrogen-bond donors (Lipinski definition) is 1. The van der Waals surface area contributed by atoms with Crippen molar-refractivity contribution < 1.29 is 9.72 Å². The minimum atomic E-state index is -0.588. The highest BCUT2D eigenvalue weighted by Crippen LogP contribution is 2.21. The van der Waals surface area contributed by atoms with Gasteiger partial charge in [0.1, 0.15) is 5.56 Å². The molecule has 1 unspecified atom stereocenters. The minimum absolute atomic E-state index is 0.0487. The number of hydrogen-bond acceptors (Lipinski definition) is 4. The van der Waals surface area contributed by atoms with Gasteiger partial charge in [-0.3, -0.25) is 14.9 Å². The van der Waals surface area contributed by atoms with E-state index in [0.29, 0.717) is 5.56 Å². The number of nitrogens with zero attached hydrogens (tertiary/aromatic N) is 2. The number of nitriles is 1. The van der Waals surface area contributed by atoms with Crippen molar-refractivity contribution in [3.63, 3.8) is 0 Å². The van der Waals surface area contributed by atoms with E-state index in [1.807, 2.05) is 6.07 Å². The van der Waals surface area contributed by atoms with Crippen molar-refractivity contribution in [3.05, 3.63) is 39.4 Å². The average Bonchev–Trinajstić information content (AvgIpc) is 2.34. The summed E-state index contributed by atoms with van der Waals surface area (Å²) in [6.07, 6.45) is 0. The van der Waals surface area contributed by atoms with Crippen LogP contribution < -0.4 is 5.32 Å². The lowest BCUT2D eigenvalue weighted by atomic mass is 10.1. The zero-order valence-corrected chi connectivity index (χ0v) is 10.1. The van der Waals surface area contributed by atoms with Crippen molar-refractivity contribution in [3.8, 4) is 6.07 Å². The summed E-state index contributed by atoms with van der Waals surface area (Å²) < 4.78 is 0. The summed E-state index contributed by atoms with van der Waals surface area (Å²) in [5, 5.41) is 22.0. The van der Waals surface area contributed by atoms with Crippen molar-refractivity contribution in [2.75, 3.05) is 6.54 Å². The van der Waals surface area contributed by atoms with Crippen LogP contribution in [0.2, 0.25) is 0 Å². The number of nitro groups is 1. The summed E-state index contributed by atoms with van der Waals surface area (Å²) in [6, 6.07) is 6.43. The van der Waals surface area contributed by atoms with Gasteiger partial charge in [0.25, 0.3) is 11.6 Å². The fourth-order valence-corrected chi connectivity index (χ4v) is 1.48. The van der Waals surface area contributed by atoms with Gasteiger partial charge in [-0.25, -0.2) is 0 Å². The number of carbonyl (C=O) groups is 1. The van der Waals surface area contributed by atoms with Crippen LogP contribution in [-0.2, 0) is 0 Å². The molecule has 0 saturated heterocycles. The highest BCUT2D eigenvalue weighted by atomic mass is 16.6. The Labute approximate surface area is 104 Å². The molecule has 6 heteroatoms. The Kier molecular flexibility index (Phi) is 4.38. The molecular weight excluding hydrogens is 234 g/mol. The first kappa shape index (κ1) is 13.6. The zero-order valence-electron chi connectivity index (χ0n) is 10.1. The summed E-state index contributed by atoms with van der Waals surface area (Å²) in [5.74, 6) is -0.862. The number of nitrogens with one attached hydrogen (secondary N) is 1. The molecule has 1 amide bonds. The molecule has 1 atom stereocenters. The van der Waals surface area contributed by atoms with Crippen LogP contribution in [0.3, 0.4) is 0 Å². The number of aryl methyl sites for hydroxylation is 1. The lowest BCUT2D eigenvalue weighted by Gasteiger charge is -2.08. The highest BCUT2D eigenvalue weighted by molar-refractivity contribution is 5.99. The predicted octanol–water partition coefficient (Wildman–Crippen LogP) is 1.79. The van der Waals surface area contributed by atoms with Crippen molar-refractivity contribution in [2.24, 2.45) is 5.92 Å². The van der Waals surface area contributed by atoms with Gasteiger partial charge in [-0.1, -0.05) is 12.1 Å². The Hall–Kier alpha value is -2.42. The van der Waals surface area contributed by atoms with Gasteiger partial charge in [0, 0.05) is 12.6 Å². The monoisotopic (exact) mass is 247 g/mol. The third-order valence-corrected chi connectivity index (χ3v) is 2.46. The molecule has 1 N–H and O–H groups in total. The Morgan fingerprint density at radius 3 is 2.83 bits per heavy atom. The Morgan fingerprint density at radius 1 is 1.61 bits per heavy atom. The molecule has 0 heterocycles. The number of carbonyl (C=O) groups excluding carboxylic acids is 1. The first-order valence-electron chi connectivity index (χ1n) is 5.39. The first-order chi connectivity index (χ1) is 8.47. The van der Waals surface area contributed by atoms with Crippen LogP contribution in [0.25, 0.3) is 0 Å². The largest absolute Gasteiger partial charge is 0.350 e. The van der Waals surface area contributed by atoms with Crippen molar-refractivity contribution in [1.82, 2.24) is 5.32 Å². The second-order valence-electron chi connectivity index (χ2n) is 3.97. The standard InChI is InChI=1S/C12H13N3O3/c1-8(6-13)7-14-12(16)11-9(2)4-3-5-10(11)15(17)18/h3-5,8H,7H2,1-2H3,(H,14,16). The third-order valence-electron chi connectivity index (χ3n) is 2.46. The summed E-state index contributed by atoms with van der Waals surface area (Å²) >= 11 is 0. The Bertz CT molecular complexity index is 520. The Morgan fingerprint density at radius 2 is 2.28 bits per heavy atom. The highest BCUT2D eigenvalue weighted by Gasteiger charge is 2.22. The summed E-state index contributed by atoms with van der Waals surface area (Å²) in [5.41, 5.74) is 0.357. The van der Waals surface area contributed by atoms with E-state index in [9.17, 15) is 14.9 Å². The van der Waals surface area contributed by atoms with Crippen molar-refractivity contribution >= 4 is 11.6 Å². The number of nitro benzene ring substituents is 1. The smallest absolute Gasteiger partial charge is 0.282 e. The van der Waals surface area contributed by atoms with Gasteiger partial charge in [0.2, 0.25) is 0 Å². The minimum Gasteiger partial charge on any atom is -0.350 e. The first-order valence-corrected chi connectivity index (χ1v) is 5.39. The number of benzene rings is 1. The van der Waals surface area contributed by atoms with E-state index in [4.69, 9.17) is 5.26 Å². The van der Waals surface area contributed by atoms with E-state index in [2.05, 4.69) is 5.32 Å². The second-order valence-corrected chi connectivity index (χ2v) is 3.97. The maximum Gasteiger partial charge on any atom is 0.282 e. The fraction of sp³-hybridized carbons (Fsp3) is 0.333. The van der Waals surface area contributed by atoms with Gasteiger partial charge in [-0.2, -0.15) is 5.26 Å². The Balaban J connectivity index is 2.99. The molecule has 0 aromatic heterocycles. The SMILES string of the molecule is Cc1cccc([N+](=O)[O-])c1C(=O)NCC(C)C#N. The maximum atomic E-state index is 11.9. The van der Waals surface area contributed by atoms with E-state index in [1.165, 1.54) is 12.1 Å². The molecule has 1 aromatic carbocycles. The molecule has 18 heavy (non-hydrogen) atoms. The zero-order chi connectivity index (χ0) is 13.7. The molecule has 0 radical (unpaired) electrons. The van der Waals surface area contributed by atoms with Crippen molar-refractivity contribution in [1.29, 1.82) is 5.26 Å². The van der Waals surface area contributed by atoms with Gasteiger partial charge in [0.05, 0.1) is 16.9 Å². The van der Waals surface area contributed by atoms with Crippen LogP contribution in [0.15, 0.2) is 18.2 Å². The summed E-state index contributed by atoms with van der Waals surface area (Å²) in [4.78, 5) is 22.1. The molecule has 0 fully saturated rings. The fourth-order valence-electron chi connectivity index (χ4n) is 1.48. The normalized spacial score (nSPS) is 11.4. The van der Waals surface area contributed by atoms with Gasteiger partial charge in [-0.05, 0) is 19.4 Å². The quantitative estimate of drug-likeness (QED) is 0.648. The summed E-state index contributed by atoms with van der Waals surface area (Å²) in [6.45, 7) is 3.46. The summed E-state index contributed by atoms with van der Waals surface area (Å²) in [7, 11) is 0. The molecule has 0 bridgehead atoms. The van der Waals surface area contributed by atoms with E-state index in [1.54, 1.807) is 19.9 Å². The van der Waals surface area contributed by atoms with Gasteiger partial charge >= 0.3 is 0 Å². The van der Waals surface area contributed by atoms with Crippen LogP contribution in [0.1, 0.15) is 22.8 Å².